The highest BCUT2D eigenvalue weighted by atomic mass is 19.2. The van der Waals surface area contributed by atoms with E-state index in [4.69, 9.17) is 9.47 Å². The van der Waals surface area contributed by atoms with Gasteiger partial charge in [-0.1, -0.05) is 6.07 Å². The van der Waals surface area contributed by atoms with Gasteiger partial charge in [-0.05, 0) is 42.0 Å². The van der Waals surface area contributed by atoms with E-state index in [1.807, 2.05) is 0 Å². The van der Waals surface area contributed by atoms with Crippen LogP contribution in [0.4, 0.5) is 14.5 Å². The molecule has 1 aliphatic rings. The Morgan fingerprint density at radius 1 is 1.03 bits per heavy atom. The normalized spacial score (nSPS) is 17.3. The molecule has 7 nitrogen and oxygen atoms in total. The molecule has 0 aliphatic carbocycles. The van der Waals surface area contributed by atoms with Crippen molar-refractivity contribution in [3.05, 3.63) is 89.3 Å². The predicted molar refractivity (Wildman–Crippen MR) is 115 cm³/mol. The van der Waals surface area contributed by atoms with E-state index in [2.05, 4.69) is 4.98 Å². The number of aromatic nitrogens is 1. The number of amides is 1. The van der Waals surface area contributed by atoms with Crippen molar-refractivity contribution in [3.8, 4) is 11.5 Å². The summed E-state index contributed by atoms with van der Waals surface area (Å²) in [6.07, 6.45) is 2.91. The van der Waals surface area contributed by atoms with Crippen molar-refractivity contribution >= 4 is 23.1 Å². The summed E-state index contributed by atoms with van der Waals surface area (Å²) < 4.78 is 38.0. The van der Waals surface area contributed by atoms with Crippen LogP contribution in [0.25, 0.3) is 5.76 Å². The summed E-state index contributed by atoms with van der Waals surface area (Å²) in [6, 6.07) is 9.50. The molecule has 3 aromatic rings. The maximum absolute atomic E-state index is 14.0. The smallest absolute Gasteiger partial charge is 0.300 e. The zero-order valence-electron chi connectivity index (χ0n) is 17.6. The number of nitrogens with zero attached hydrogens (tertiary/aromatic N) is 2. The number of carbonyl (C=O) groups excluding carboxylic acids is 2. The van der Waals surface area contributed by atoms with Crippen LogP contribution in [0.5, 0.6) is 11.5 Å². The Morgan fingerprint density at radius 3 is 2.45 bits per heavy atom. The molecule has 168 valence electrons. The van der Waals surface area contributed by atoms with Crippen LogP contribution < -0.4 is 14.4 Å². The summed E-state index contributed by atoms with van der Waals surface area (Å²) in [5, 5.41) is 11.2. The lowest BCUT2D eigenvalue weighted by Gasteiger charge is -2.25. The molecule has 0 bridgehead atoms. The lowest BCUT2D eigenvalue weighted by molar-refractivity contribution is -0.132. The summed E-state index contributed by atoms with van der Waals surface area (Å²) in [7, 11) is 2.82. The first-order valence-corrected chi connectivity index (χ1v) is 9.75. The van der Waals surface area contributed by atoms with Crippen LogP contribution in [0, 0.1) is 11.6 Å². The number of halogens is 2. The molecule has 4 rings (SSSR count). The van der Waals surface area contributed by atoms with Crippen LogP contribution >= 0.6 is 0 Å². The van der Waals surface area contributed by atoms with E-state index in [0.29, 0.717) is 11.3 Å². The van der Waals surface area contributed by atoms with Gasteiger partial charge in [-0.15, -0.1) is 0 Å². The molecule has 0 spiro atoms. The molecule has 33 heavy (non-hydrogen) atoms. The molecule has 1 fully saturated rings. The molecule has 1 saturated heterocycles. The molecule has 1 aliphatic heterocycles. The summed E-state index contributed by atoms with van der Waals surface area (Å²) in [4.78, 5) is 31.2. The highest BCUT2D eigenvalue weighted by molar-refractivity contribution is 6.51. The standard InChI is InChI=1S/C24H18F2N2O5/c1-32-15-6-8-19(33-2)16(11-15)22(29)20-21(13-4-3-9-27-12-13)28(24(31)23(20)30)14-5-7-17(25)18(26)10-14/h3-12,21,29H,1-2H3/b22-20+. The fourth-order valence-corrected chi connectivity index (χ4v) is 3.73. The minimum Gasteiger partial charge on any atom is -0.507 e. The number of ketones is 1. The number of methoxy groups -OCH3 is 2. The number of carbonyl (C=O) groups is 2. The van der Waals surface area contributed by atoms with E-state index in [0.717, 1.165) is 17.0 Å². The van der Waals surface area contributed by atoms with Gasteiger partial charge in [0.05, 0.1) is 31.4 Å². The quantitative estimate of drug-likeness (QED) is 0.358. The van der Waals surface area contributed by atoms with Gasteiger partial charge in [0.2, 0.25) is 0 Å². The summed E-state index contributed by atoms with van der Waals surface area (Å²) in [6.45, 7) is 0. The number of hydrogen-bond donors (Lipinski definition) is 1. The number of pyridine rings is 1. The third-order valence-electron chi connectivity index (χ3n) is 5.29. The van der Waals surface area contributed by atoms with Gasteiger partial charge in [0, 0.05) is 24.1 Å². The molecule has 1 atom stereocenters. The first kappa shape index (κ1) is 21.9. The minimum atomic E-state index is -1.19. The third kappa shape index (κ3) is 3.78. The minimum absolute atomic E-state index is 0.0542. The molecular formula is C24H18F2N2O5. The largest absolute Gasteiger partial charge is 0.507 e. The van der Waals surface area contributed by atoms with Crippen LogP contribution in [0.2, 0.25) is 0 Å². The van der Waals surface area contributed by atoms with Gasteiger partial charge >= 0.3 is 0 Å². The van der Waals surface area contributed by atoms with Gasteiger partial charge in [-0.2, -0.15) is 0 Å². The van der Waals surface area contributed by atoms with Crippen molar-refractivity contribution in [2.24, 2.45) is 0 Å². The Hall–Kier alpha value is -4.27. The number of ether oxygens (including phenoxy) is 2. The van der Waals surface area contributed by atoms with Crippen molar-refractivity contribution < 1.29 is 33.0 Å². The van der Waals surface area contributed by atoms with E-state index in [1.165, 1.54) is 38.7 Å². The van der Waals surface area contributed by atoms with Gasteiger partial charge < -0.3 is 14.6 Å². The highest BCUT2D eigenvalue weighted by Crippen LogP contribution is 2.43. The fourth-order valence-electron chi connectivity index (χ4n) is 3.73. The van der Waals surface area contributed by atoms with Gasteiger partial charge in [-0.25, -0.2) is 8.78 Å². The Kier molecular flexibility index (Phi) is 5.78. The maximum Gasteiger partial charge on any atom is 0.300 e. The van der Waals surface area contributed by atoms with Gasteiger partial charge in [0.25, 0.3) is 11.7 Å². The molecule has 2 aromatic carbocycles. The monoisotopic (exact) mass is 452 g/mol. The van der Waals surface area contributed by atoms with Gasteiger partial charge in [0.1, 0.15) is 17.3 Å². The lowest BCUT2D eigenvalue weighted by Crippen LogP contribution is -2.29. The maximum atomic E-state index is 14.0. The lowest BCUT2D eigenvalue weighted by atomic mass is 9.95. The van der Waals surface area contributed by atoms with Gasteiger partial charge in [-0.3, -0.25) is 19.5 Å². The molecule has 2 heterocycles. The Morgan fingerprint density at radius 2 is 1.82 bits per heavy atom. The highest BCUT2D eigenvalue weighted by Gasteiger charge is 2.47. The Bertz CT molecular complexity index is 1280. The number of Topliss-reactive ketones (excluding diaryl/α,β-unsaturated/α-hetero) is 1. The fraction of sp³-hybridized carbons (Fsp3) is 0.125. The topological polar surface area (TPSA) is 89.0 Å². The second-order valence-electron chi connectivity index (χ2n) is 7.12. The average molecular weight is 452 g/mol. The first-order valence-electron chi connectivity index (χ1n) is 9.75. The number of aliphatic hydroxyl groups is 1. The Labute approximate surface area is 187 Å². The van der Waals surface area contributed by atoms with Crippen molar-refractivity contribution in [2.45, 2.75) is 6.04 Å². The Balaban J connectivity index is 1.98. The zero-order chi connectivity index (χ0) is 23.7. The molecule has 0 saturated carbocycles. The number of aliphatic hydroxyl groups excluding tert-OH is 1. The van der Waals surface area contributed by atoms with Crippen LogP contribution in [-0.4, -0.2) is 36.0 Å². The molecule has 1 amide bonds. The molecule has 0 radical (unpaired) electrons. The number of rotatable bonds is 5. The van der Waals surface area contributed by atoms with Crippen molar-refractivity contribution in [1.82, 2.24) is 4.98 Å². The van der Waals surface area contributed by atoms with E-state index >= 15 is 0 Å². The SMILES string of the molecule is COc1ccc(OC)c(/C(O)=C2\C(=O)C(=O)N(c3ccc(F)c(F)c3)C2c2cccnc2)c1. The van der Waals surface area contributed by atoms with E-state index in [9.17, 15) is 23.5 Å². The van der Waals surface area contributed by atoms with Crippen LogP contribution in [0.3, 0.4) is 0 Å². The summed E-state index contributed by atoms with van der Waals surface area (Å²) >= 11 is 0. The number of benzene rings is 2. The van der Waals surface area contributed by atoms with Crippen molar-refractivity contribution in [2.75, 3.05) is 19.1 Å². The van der Waals surface area contributed by atoms with Crippen LogP contribution in [-0.2, 0) is 9.59 Å². The first-order chi connectivity index (χ1) is 15.9. The molecule has 9 heteroatoms. The van der Waals surface area contributed by atoms with Crippen LogP contribution in [0.15, 0.2) is 66.5 Å². The second-order valence-corrected chi connectivity index (χ2v) is 7.12. The molecule has 1 unspecified atom stereocenters. The van der Waals surface area contributed by atoms with E-state index in [-0.39, 0.29) is 22.6 Å². The van der Waals surface area contributed by atoms with E-state index in [1.54, 1.807) is 24.3 Å². The van der Waals surface area contributed by atoms with Crippen molar-refractivity contribution in [1.29, 1.82) is 0 Å². The molecular weight excluding hydrogens is 434 g/mol. The molecule has 1 aromatic heterocycles. The van der Waals surface area contributed by atoms with Crippen LogP contribution in [0.1, 0.15) is 17.2 Å². The zero-order valence-corrected chi connectivity index (χ0v) is 17.6. The predicted octanol–water partition coefficient (Wildman–Crippen LogP) is 4.00. The summed E-state index contributed by atoms with van der Waals surface area (Å²) in [5.74, 6) is -4.21. The summed E-state index contributed by atoms with van der Waals surface area (Å²) in [5.41, 5.74) is 0.185. The average Bonchev–Trinajstić information content (AvgIpc) is 3.11. The molecule has 1 N–H and O–H groups in total. The van der Waals surface area contributed by atoms with Crippen molar-refractivity contribution in [3.63, 3.8) is 0 Å². The number of hydrogen-bond acceptors (Lipinski definition) is 6. The van der Waals surface area contributed by atoms with Gasteiger partial charge in [0.15, 0.2) is 11.6 Å². The number of anilines is 1. The second kappa shape index (κ2) is 8.70. The van der Waals surface area contributed by atoms with E-state index < -0.39 is 35.1 Å². The third-order valence-corrected chi connectivity index (χ3v) is 5.29.